The molecule has 38 heavy (non-hydrogen) atoms. The Labute approximate surface area is 225 Å². The van der Waals surface area contributed by atoms with Gasteiger partial charge in [0.05, 0.1) is 37.2 Å². The van der Waals surface area contributed by atoms with Gasteiger partial charge in [0.15, 0.2) is 0 Å². The Morgan fingerprint density at radius 3 is 2.68 bits per heavy atom. The van der Waals surface area contributed by atoms with Crippen molar-refractivity contribution >= 4 is 17.5 Å². The van der Waals surface area contributed by atoms with E-state index >= 15 is 0 Å². The summed E-state index contributed by atoms with van der Waals surface area (Å²) in [6.07, 6.45) is 9.60. The minimum atomic E-state index is -0.227. The van der Waals surface area contributed by atoms with Gasteiger partial charge in [-0.05, 0) is 44.1 Å². The Bertz CT molecular complexity index is 1450. The van der Waals surface area contributed by atoms with Gasteiger partial charge < -0.3 is 15.0 Å². The second kappa shape index (κ2) is 11.0. The molecule has 0 aliphatic carbocycles. The van der Waals surface area contributed by atoms with Gasteiger partial charge in [-0.2, -0.15) is 10.2 Å². The van der Waals surface area contributed by atoms with E-state index in [9.17, 15) is 4.79 Å². The number of nitrogens with zero attached hydrogens (tertiary/aromatic N) is 7. The molecule has 11 heteroatoms. The van der Waals surface area contributed by atoms with E-state index in [2.05, 4.69) is 41.3 Å². The van der Waals surface area contributed by atoms with Gasteiger partial charge in [0.1, 0.15) is 0 Å². The summed E-state index contributed by atoms with van der Waals surface area (Å²) in [6, 6.07) is 11.1. The number of ether oxygens (including phenoxy) is 1. The third kappa shape index (κ3) is 5.47. The average Bonchev–Trinajstić information content (AvgIpc) is 3.46. The van der Waals surface area contributed by atoms with Crippen LogP contribution in [0, 0.1) is 0 Å². The number of piperidine rings is 1. The summed E-state index contributed by atoms with van der Waals surface area (Å²) < 4.78 is 9.49. The lowest BCUT2D eigenvalue weighted by molar-refractivity contribution is 0.0260. The van der Waals surface area contributed by atoms with Crippen LogP contribution in [0.4, 0.5) is 5.95 Å². The van der Waals surface area contributed by atoms with Crippen molar-refractivity contribution in [2.75, 3.05) is 37.7 Å². The molecule has 2 fully saturated rings. The SMILES string of the molecule is O=c1ccc(-c2cccc(Cl)c2)nn1C[C@@H]1CN(c2ncc(-c3cnn(C4CCNCC4)c3)cn2)CCO1. The Hall–Kier alpha value is -3.60. The molecular weight excluding hydrogens is 504 g/mol. The molecule has 1 N–H and O–H groups in total. The van der Waals surface area contributed by atoms with Crippen molar-refractivity contribution in [3.05, 3.63) is 76.6 Å². The van der Waals surface area contributed by atoms with Crippen LogP contribution in [0.25, 0.3) is 22.4 Å². The van der Waals surface area contributed by atoms with E-state index in [4.69, 9.17) is 16.3 Å². The first kappa shape index (κ1) is 24.7. The molecule has 0 radical (unpaired) electrons. The molecule has 0 bridgehead atoms. The molecule has 2 aliphatic heterocycles. The van der Waals surface area contributed by atoms with Gasteiger partial charge >= 0.3 is 0 Å². The Morgan fingerprint density at radius 1 is 1.03 bits per heavy atom. The van der Waals surface area contributed by atoms with Gasteiger partial charge in [-0.3, -0.25) is 9.48 Å². The molecule has 0 spiro atoms. The first-order valence-corrected chi connectivity index (χ1v) is 13.3. The third-order valence-electron chi connectivity index (χ3n) is 7.04. The highest BCUT2D eigenvalue weighted by Crippen LogP contribution is 2.24. The van der Waals surface area contributed by atoms with E-state index < -0.39 is 0 Å². The Balaban J connectivity index is 1.13. The van der Waals surface area contributed by atoms with E-state index in [0.29, 0.717) is 48.9 Å². The molecule has 2 saturated heterocycles. The molecule has 4 aromatic rings. The van der Waals surface area contributed by atoms with Crippen molar-refractivity contribution in [3.63, 3.8) is 0 Å². The number of benzene rings is 1. The van der Waals surface area contributed by atoms with Gasteiger partial charge in [0.2, 0.25) is 5.95 Å². The zero-order valence-electron chi connectivity index (χ0n) is 20.9. The maximum absolute atomic E-state index is 12.5. The number of hydrogen-bond acceptors (Lipinski definition) is 8. The molecule has 6 rings (SSSR count). The molecule has 0 amide bonds. The molecule has 0 saturated carbocycles. The molecular formula is C27H29ClN8O2. The van der Waals surface area contributed by atoms with Crippen molar-refractivity contribution in [2.45, 2.75) is 31.5 Å². The average molecular weight is 533 g/mol. The standard InChI is InChI=1S/C27H29ClN8O2/c28-22-3-1-2-19(12-22)25-4-5-26(37)36(33-25)18-24-17-34(10-11-38-24)27-30-13-20(14-31-27)21-15-32-35(16-21)23-6-8-29-9-7-23/h1-5,12-16,23-24,29H,6-11,17-18H2/t24-/m0/s1. The van der Waals surface area contributed by atoms with Crippen LogP contribution in [-0.2, 0) is 11.3 Å². The number of hydrogen-bond donors (Lipinski definition) is 1. The van der Waals surface area contributed by atoms with Gasteiger partial charge in [0.25, 0.3) is 5.56 Å². The number of rotatable bonds is 6. The summed E-state index contributed by atoms with van der Waals surface area (Å²) in [5.41, 5.74) is 3.31. The lowest BCUT2D eigenvalue weighted by Gasteiger charge is -2.33. The zero-order chi connectivity index (χ0) is 25.9. The fourth-order valence-corrected chi connectivity index (χ4v) is 5.17. The van der Waals surface area contributed by atoms with Crippen LogP contribution in [0.2, 0.25) is 5.02 Å². The van der Waals surface area contributed by atoms with E-state index in [1.165, 1.54) is 10.7 Å². The molecule has 10 nitrogen and oxygen atoms in total. The summed E-state index contributed by atoms with van der Waals surface area (Å²) in [4.78, 5) is 23.9. The van der Waals surface area contributed by atoms with Crippen LogP contribution in [0.3, 0.4) is 0 Å². The minimum Gasteiger partial charge on any atom is -0.373 e. The number of anilines is 1. The van der Waals surface area contributed by atoms with Crippen molar-refractivity contribution in [1.29, 1.82) is 0 Å². The van der Waals surface area contributed by atoms with Gasteiger partial charge in [-0.25, -0.2) is 14.6 Å². The number of morpholine rings is 1. The minimum absolute atomic E-state index is 0.179. The molecule has 196 valence electrons. The zero-order valence-corrected chi connectivity index (χ0v) is 21.7. The lowest BCUT2D eigenvalue weighted by atomic mass is 10.1. The summed E-state index contributed by atoms with van der Waals surface area (Å²) in [5.74, 6) is 0.640. The van der Waals surface area contributed by atoms with Crippen molar-refractivity contribution < 1.29 is 4.74 Å². The van der Waals surface area contributed by atoms with Crippen LogP contribution >= 0.6 is 11.6 Å². The van der Waals surface area contributed by atoms with E-state index in [1.807, 2.05) is 42.9 Å². The maximum atomic E-state index is 12.5. The van der Waals surface area contributed by atoms with E-state index in [1.54, 1.807) is 6.07 Å². The highest BCUT2D eigenvalue weighted by Gasteiger charge is 2.24. The monoisotopic (exact) mass is 532 g/mol. The third-order valence-corrected chi connectivity index (χ3v) is 7.28. The van der Waals surface area contributed by atoms with Crippen molar-refractivity contribution in [2.24, 2.45) is 0 Å². The van der Waals surface area contributed by atoms with Gasteiger partial charge in [-0.15, -0.1) is 0 Å². The molecule has 2 aliphatic rings. The first-order valence-electron chi connectivity index (χ1n) is 12.9. The number of nitrogens with one attached hydrogen (secondary N) is 1. The van der Waals surface area contributed by atoms with E-state index in [-0.39, 0.29) is 11.7 Å². The fourth-order valence-electron chi connectivity index (χ4n) is 4.98. The topological polar surface area (TPSA) is 103 Å². The van der Waals surface area contributed by atoms with Crippen LogP contribution in [0.5, 0.6) is 0 Å². The second-order valence-corrected chi connectivity index (χ2v) is 10.1. The summed E-state index contributed by atoms with van der Waals surface area (Å²) in [5, 5.41) is 13.2. The van der Waals surface area contributed by atoms with Crippen LogP contribution in [-0.4, -0.2) is 68.4 Å². The van der Waals surface area contributed by atoms with Crippen molar-refractivity contribution in [3.8, 4) is 22.4 Å². The van der Waals surface area contributed by atoms with Gasteiger partial charge in [0, 0.05) is 59.5 Å². The molecule has 0 unspecified atom stereocenters. The largest absolute Gasteiger partial charge is 0.373 e. The van der Waals surface area contributed by atoms with Crippen LogP contribution < -0.4 is 15.8 Å². The quantitative estimate of drug-likeness (QED) is 0.404. The summed E-state index contributed by atoms with van der Waals surface area (Å²) in [7, 11) is 0. The number of halogens is 1. The second-order valence-electron chi connectivity index (χ2n) is 9.65. The summed E-state index contributed by atoms with van der Waals surface area (Å²) in [6.45, 7) is 4.13. The molecule has 1 aromatic carbocycles. The molecule has 5 heterocycles. The predicted octanol–water partition coefficient (Wildman–Crippen LogP) is 3.05. The fraction of sp³-hybridized carbons (Fsp3) is 0.370. The van der Waals surface area contributed by atoms with Crippen LogP contribution in [0.15, 0.2) is 66.0 Å². The Morgan fingerprint density at radius 2 is 1.87 bits per heavy atom. The highest BCUT2D eigenvalue weighted by molar-refractivity contribution is 6.30. The normalized spacial score (nSPS) is 18.6. The smallest absolute Gasteiger partial charge is 0.266 e. The Kier molecular flexibility index (Phi) is 7.17. The van der Waals surface area contributed by atoms with Crippen molar-refractivity contribution in [1.82, 2.24) is 34.8 Å². The van der Waals surface area contributed by atoms with E-state index in [0.717, 1.165) is 42.6 Å². The first-order chi connectivity index (χ1) is 18.6. The maximum Gasteiger partial charge on any atom is 0.266 e. The number of aromatic nitrogens is 6. The highest BCUT2D eigenvalue weighted by atomic mass is 35.5. The molecule has 1 atom stereocenters. The summed E-state index contributed by atoms with van der Waals surface area (Å²) >= 11 is 6.13. The molecule has 3 aromatic heterocycles. The van der Waals surface area contributed by atoms with Gasteiger partial charge in [-0.1, -0.05) is 23.7 Å². The van der Waals surface area contributed by atoms with Crippen LogP contribution in [0.1, 0.15) is 18.9 Å². The predicted molar refractivity (Wildman–Crippen MR) is 145 cm³/mol. The lowest BCUT2D eigenvalue weighted by Crippen LogP contribution is -2.46.